The number of hydrogen-bond donors (Lipinski definition) is 1. The van der Waals surface area contributed by atoms with Crippen LogP contribution in [0.25, 0.3) is 5.70 Å². The third-order valence-electron chi connectivity index (χ3n) is 4.51. The summed E-state index contributed by atoms with van der Waals surface area (Å²) < 4.78 is 5.38. The number of alkyl carbamates (subject to hydrolysis) is 1. The van der Waals surface area contributed by atoms with Gasteiger partial charge in [0.25, 0.3) is 0 Å². The molecule has 4 nitrogen and oxygen atoms in total. The van der Waals surface area contributed by atoms with Gasteiger partial charge in [0.05, 0.1) is 5.70 Å². The van der Waals surface area contributed by atoms with Crippen molar-refractivity contribution in [2.45, 2.75) is 39.2 Å². The molecule has 144 valence electrons. The summed E-state index contributed by atoms with van der Waals surface area (Å²) in [5, 5.41) is 2.78. The van der Waals surface area contributed by atoms with Crippen molar-refractivity contribution in [3.8, 4) is 0 Å². The summed E-state index contributed by atoms with van der Waals surface area (Å²) in [6, 6.07) is 13.4. The van der Waals surface area contributed by atoms with Gasteiger partial charge in [0, 0.05) is 16.7 Å². The molecule has 1 N–H and O–H groups in total. The minimum absolute atomic E-state index is 0.0281. The second-order valence-corrected chi connectivity index (χ2v) is 7.77. The van der Waals surface area contributed by atoms with Crippen LogP contribution in [0.5, 0.6) is 0 Å². The van der Waals surface area contributed by atoms with E-state index in [9.17, 15) is 9.59 Å². The molecule has 28 heavy (non-hydrogen) atoms. The smallest absolute Gasteiger partial charge is 0.412 e. The number of carbonyl (C=O) groups excluding carboxylic acids is 2. The molecule has 0 saturated carbocycles. The molecule has 0 radical (unpaired) electrons. The van der Waals surface area contributed by atoms with Gasteiger partial charge in [0.1, 0.15) is 5.60 Å². The molecule has 0 atom stereocenters. The fourth-order valence-electron chi connectivity index (χ4n) is 3.40. The van der Waals surface area contributed by atoms with E-state index in [1.54, 1.807) is 32.9 Å². The minimum atomic E-state index is -0.619. The van der Waals surface area contributed by atoms with Gasteiger partial charge in [-0.25, -0.2) is 4.79 Å². The van der Waals surface area contributed by atoms with Crippen molar-refractivity contribution in [2.24, 2.45) is 0 Å². The molecule has 0 bridgehead atoms. The number of allylic oxidation sites excluding steroid dienone is 2. The van der Waals surface area contributed by atoms with Crippen LogP contribution in [0.15, 0.2) is 61.2 Å². The summed E-state index contributed by atoms with van der Waals surface area (Å²) in [6.07, 6.45) is 4.27. The first-order valence-electron chi connectivity index (χ1n) is 9.38. The molecule has 0 saturated heterocycles. The van der Waals surface area contributed by atoms with Gasteiger partial charge >= 0.3 is 6.09 Å². The van der Waals surface area contributed by atoms with Crippen LogP contribution < -0.4 is 5.32 Å². The van der Waals surface area contributed by atoms with Gasteiger partial charge in [0.2, 0.25) is 0 Å². The zero-order valence-electron chi connectivity index (χ0n) is 16.5. The number of amides is 1. The highest BCUT2D eigenvalue weighted by Crippen LogP contribution is 2.30. The number of carbonyl (C=O) groups is 2. The average Bonchev–Trinajstić information content (AvgIpc) is 2.77. The van der Waals surface area contributed by atoms with Crippen molar-refractivity contribution >= 4 is 17.6 Å². The van der Waals surface area contributed by atoms with Gasteiger partial charge in [-0.05, 0) is 50.8 Å². The minimum Gasteiger partial charge on any atom is -0.444 e. The lowest BCUT2D eigenvalue weighted by Gasteiger charge is -2.21. The predicted octanol–water partition coefficient (Wildman–Crippen LogP) is 5.07. The number of ether oxygens (including phenoxy) is 1. The van der Waals surface area contributed by atoms with E-state index in [4.69, 9.17) is 4.74 Å². The Morgan fingerprint density at radius 3 is 2.46 bits per heavy atom. The van der Waals surface area contributed by atoms with Gasteiger partial charge in [-0.3, -0.25) is 10.1 Å². The molecule has 1 aliphatic rings. The Labute approximate surface area is 165 Å². The lowest BCUT2D eigenvalue weighted by Crippen LogP contribution is -2.32. The quantitative estimate of drug-likeness (QED) is 0.762. The average molecular weight is 375 g/mol. The molecule has 0 aliphatic heterocycles. The maximum atomic E-state index is 13.4. The first kappa shape index (κ1) is 19.6. The van der Waals surface area contributed by atoms with E-state index >= 15 is 0 Å². The topological polar surface area (TPSA) is 55.4 Å². The van der Waals surface area contributed by atoms with E-state index in [1.807, 2.05) is 42.5 Å². The van der Waals surface area contributed by atoms with E-state index in [0.717, 1.165) is 24.0 Å². The van der Waals surface area contributed by atoms with Crippen LogP contribution in [-0.2, 0) is 17.6 Å². The molecule has 0 fully saturated rings. The molecule has 1 amide bonds. The summed E-state index contributed by atoms with van der Waals surface area (Å²) in [5.41, 5.74) is 3.90. The Morgan fingerprint density at radius 1 is 1.07 bits per heavy atom. The first-order chi connectivity index (χ1) is 13.3. The Bertz CT molecular complexity index is 964. The first-order valence-corrected chi connectivity index (χ1v) is 9.38. The van der Waals surface area contributed by atoms with Gasteiger partial charge in [-0.1, -0.05) is 55.1 Å². The molecule has 0 heterocycles. The molecule has 2 aromatic rings. The van der Waals surface area contributed by atoms with Crippen molar-refractivity contribution < 1.29 is 14.3 Å². The predicted molar refractivity (Wildman–Crippen MR) is 111 cm³/mol. The van der Waals surface area contributed by atoms with Crippen LogP contribution in [0, 0.1) is 0 Å². The van der Waals surface area contributed by atoms with E-state index in [-0.39, 0.29) is 5.78 Å². The van der Waals surface area contributed by atoms with E-state index in [0.29, 0.717) is 22.4 Å². The number of ketones is 1. The molecule has 0 aromatic heterocycles. The molecule has 1 aliphatic carbocycles. The summed E-state index contributed by atoms with van der Waals surface area (Å²) in [7, 11) is 0. The van der Waals surface area contributed by atoms with Crippen LogP contribution in [0.3, 0.4) is 0 Å². The van der Waals surface area contributed by atoms with Crippen LogP contribution in [0.1, 0.15) is 53.4 Å². The Kier molecular flexibility index (Phi) is 5.50. The maximum Gasteiger partial charge on any atom is 0.412 e. The maximum absolute atomic E-state index is 13.4. The second-order valence-electron chi connectivity index (χ2n) is 7.77. The number of benzene rings is 2. The van der Waals surface area contributed by atoms with Gasteiger partial charge in [0.15, 0.2) is 5.78 Å². The fraction of sp³-hybridized carbons (Fsp3) is 0.250. The highest BCUT2D eigenvalue weighted by atomic mass is 16.6. The third kappa shape index (κ3) is 4.22. The van der Waals surface area contributed by atoms with Crippen LogP contribution in [0.4, 0.5) is 4.79 Å². The van der Waals surface area contributed by atoms with Crippen molar-refractivity contribution in [2.75, 3.05) is 0 Å². The molecular weight excluding hydrogens is 350 g/mol. The van der Waals surface area contributed by atoms with Gasteiger partial charge in [-0.2, -0.15) is 0 Å². The van der Waals surface area contributed by atoms with Gasteiger partial charge in [-0.15, -0.1) is 0 Å². The molecule has 0 spiro atoms. The SMILES string of the molecule is C=C/C=C(/NC(=O)OC(C)(C)C)c1cccc2c1C(=O)c1ccccc1CC2. The molecule has 3 rings (SSSR count). The molecule has 4 heteroatoms. The van der Waals surface area contributed by atoms with E-state index < -0.39 is 11.7 Å². The summed E-state index contributed by atoms with van der Waals surface area (Å²) >= 11 is 0. The normalized spacial score (nSPS) is 13.8. The standard InChI is InChI=1S/C24H25NO3/c1-5-9-20(25-23(27)28-24(2,3)4)19-13-8-11-17-15-14-16-10-6-7-12-18(16)22(26)21(17)19/h5-13H,1,14-15H2,2-4H3,(H,25,27)/b20-9+. The highest BCUT2D eigenvalue weighted by Gasteiger charge is 2.26. The number of nitrogens with one attached hydrogen (secondary N) is 1. The lowest BCUT2D eigenvalue weighted by molar-refractivity contribution is 0.0557. The fourth-order valence-corrected chi connectivity index (χ4v) is 3.40. The van der Waals surface area contributed by atoms with Gasteiger partial charge < -0.3 is 4.74 Å². The number of rotatable bonds is 3. The lowest BCUT2D eigenvalue weighted by atomic mass is 9.92. The van der Waals surface area contributed by atoms with Crippen molar-refractivity contribution in [3.05, 3.63) is 89.0 Å². The zero-order chi connectivity index (χ0) is 20.3. The highest BCUT2D eigenvalue weighted by molar-refractivity contribution is 6.14. The molecule has 0 unspecified atom stereocenters. The van der Waals surface area contributed by atoms with Crippen molar-refractivity contribution in [3.63, 3.8) is 0 Å². The van der Waals surface area contributed by atoms with Crippen molar-refractivity contribution in [1.82, 2.24) is 5.32 Å². The number of aryl methyl sites for hydroxylation is 2. The Balaban J connectivity index is 2.06. The monoisotopic (exact) mass is 375 g/mol. The largest absolute Gasteiger partial charge is 0.444 e. The molecular formula is C24H25NO3. The van der Waals surface area contributed by atoms with Crippen LogP contribution in [0.2, 0.25) is 0 Å². The number of fused-ring (bicyclic) bond motifs is 2. The summed E-state index contributed by atoms with van der Waals surface area (Å²) in [5.74, 6) is -0.0281. The third-order valence-corrected chi connectivity index (χ3v) is 4.51. The Morgan fingerprint density at radius 2 is 1.75 bits per heavy atom. The van der Waals surface area contributed by atoms with Crippen LogP contribution >= 0.6 is 0 Å². The second kappa shape index (κ2) is 7.85. The van der Waals surface area contributed by atoms with E-state index in [2.05, 4.69) is 11.9 Å². The Hall–Kier alpha value is -3.14. The van der Waals surface area contributed by atoms with Crippen LogP contribution in [-0.4, -0.2) is 17.5 Å². The number of hydrogen-bond acceptors (Lipinski definition) is 3. The summed E-state index contributed by atoms with van der Waals surface area (Å²) in [6.45, 7) is 9.15. The zero-order valence-corrected chi connectivity index (χ0v) is 16.5. The summed E-state index contributed by atoms with van der Waals surface area (Å²) in [4.78, 5) is 25.7. The van der Waals surface area contributed by atoms with Crippen molar-refractivity contribution in [1.29, 1.82) is 0 Å². The van der Waals surface area contributed by atoms with E-state index in [1.165, 1.54) is 0 Å². The molecule has 2 aromatic carbocycles.